The Balaban J connectivity index is 1.80. The van der Waals surface area contributed by atoms with Gasteiger partial charge in [0.05, 0.1) is 27.7 Å². The lowest BCUT2D eigenvalue weighted by molar-refractivity contribution is -0.384. The van der Waals surface area contributed by atoms with Crippen LogP contribution in [0.25, 0.3) is 16.8 Å². The molecule has 2 aromatic heterocycles. The quantitative estimate of drug-likeness (QED) is 0.238. The lowest BCUT2D eigenvalue weighted by atomic mass is 10.1. The summed E-state index contributed by atoms with van der Waals surface area (Å²) in [6.07, 6.45) is 1.56. The molecule has 0 bridgehead atoms. The summed E-state index contributed by atoms with van der Waals surface area (Å²) in [7, 11) is 1.61. The molecule has 0 atom stereocenters. The first kappa shape index (κ1) is 21.7. The van der Waals surface area contributed by atoms with Gasteiger partial charge < -0.3 is 10.1 Å². The highest BCUT2D eigenvalue weighted by Gasteiger charge is 2.26. The minimum absolute atomic E-state index is 0.0921. The molecule has 0 aliphatic carbocycles. The van der Waals surface area contributed by atoms with Crippen LogP contribution >= 0.6 is 23.1 Å². The zero-order chi connectivity index (χ0) is 22.7. The average molecular weight is 471 g/mol. The van der Waals surface area contributed by atoms with Gasteiger partial charge in [-0.05, 0) is 36.1 Å². The van der Waals surface area contributed by atoms with E-state index in [1.54, 1.807) is 36.9 Å². The third kappa shape index (κ3) is 4.27. The van der Waals surface area contributed by atoms with Crippen LogP contribution in [0.15, 0.2) is 51.5 Å². The largest absolute Gasteiger partial charge is 0.462 e. The standard InChI is InChI=1S/C20H18N6O4S2/c1-3-30-19(27)13(9-12-6-7-14(21-2)16(10-12)26(28)29)15-11-32-20-23-22-18(25(20)24-15)17-5-4-8-31-17/h4-10,21H,3,11H2,1-2H3/b13-9-. The first-order chi connectivity index (χ1) is 15.5. The first-order valence-corrected chi connectivity index (χ1v) is 11.4. The molecule has 0 fully saturated rings. The SMILES string of the molecule is CCOC(=O)/C(=C\c1ccc(NC)c([N+](=O)[O-])c1)C1=Nn2c(nnc2-c2cccs2)SC1. The molecule has 3 aromatic rings. The van der Waals surface area contributed by atoms with Crippen LogP contribution in [-0.2, 0) is 9.53 Å². The van der Waals surface area contributed by atoms with E-state index in [1.165, 1.54) is 29.2 Å². The van der Waals surface area contributed by atoms with Crippen molar-refractivity contribution in [3.63, 3.8) is 0 Å². The number of hydrogen-bond donors (Lipinski definition) is 1. The van der Waals surface area contributed by atoms with E-state index in [2.05, 4.69) is 20.6 Å². The molecule has 164 valence electrons. The summed E-state index contributed by atoms with van der Waals surface area (Å²) in [5.41, 5.74) is 1.47. The number of nitro benzene ring substituents is 1. The van der Waals surface area contributed by atoms with Crippen LogP contribution in [0.1, 0.15) is 12.5 Å². The molecule has 0 saturated heterocycles. The maximum absolute atomic E-state index is 12.8. The van der Waals surface area contributed by atoms with Gasteiger partial charge in [0.15, 0.2) is 5.82 Å². The Labute approximate surface area is 191 Å². The number of aromatic nitrogens is 3. The smallest absolute Gasteiger partial charge is 0.340 e. The number of ether oxygens (including phenoxy) is 1. The average Bonchev–Trinajstić information content (AvgIpc) is 3.46. The Morgan fingerprint density at radius 1 is 1.38 bits per heavy atom. The van der Waals surface area contributed by atoms with Crippen LogP contribution in [0.3, 0.4) is 0 Å². The molecule has 1 N–H and O–H groups in total. The normalized spacial score (nSPS) is 13.3. The van der Waals surface area contributed by atoms with Gasteiger partial charge in [-0.15, -0.1) is 21.5 Å². The van der Waals surface area contributed by atoms with E-state index in [9.17, 15) is 14.9 Å². The van der Waals surface area contributed by atoms with E-state index < -0.39 is 10.9 Å². The molecule has 1 aliphatic heterocycles. The fourth-order valence-electron chi connectivity index (χ4n) is 3.06. The number of fused-ring (bicyclic) bond motifs is 1. The zero-order valence-corrected chi connectivity index (χ0v) is 18.8. The Morgan fingerprint density at radius 2 is 2.22 bits per heavy atom. The second kappa shape index (κ2) is 9.32. The van der Waals surface area contributed by atoms with Gasteiger partial charge in [-0.2, -0.15) is 9.78 Å². The minimum Gasteiger partial charge on any atom is -0.462 e. The van der Waals surface area contributed by atoms with E-state index in [1.807, 2.05) is 17.5 Å². The number of rotatable bonds is 7. The molecule has 0 radical (unpaired) electrons. The number of thiophene rings is 1. The third-order valence-corrected chi connectivity index (χ3v) is 6.31. The number of carbonyl (C=O) groups excluding carboxylic acids is 1. The molecule has 1 aromatic carbocycles. The Morgan fingerprint density at radius 3 is 2.91 bits per heavy atom. The lowest BCUT2D eigenvalue weighted by Crippen LogP contribution is -2.21. The zero-order valence-electron chi connectivity index (χ0n) is 17.1. The van der Waals surface area contributed by atoms with Crippen molar-refractivity contribution in [3.05, 3.63) is 57.0 Å². The summed E-state index contributed by atoms with van der Waals surface area (Å²) in [6.45, 7) is 1.90. The molecule has 0 spiro atoms. The maximum Gasteiger partial charge on any atom is 0.340 e. The molecule has 10 nitrogen and oxygen atoms in total. The molecule has 1 aliphatic rings. The van der Waals surface area contributed by atoms with Crippen LogP contribution in [0.2, 0.25) is 0 Å². The van der Waals surface area contributed by atoms with Crippen molar-refractivity contribution in [1.82, 2.24) is 14.9 Å². The van der Waals surface area contributed by atoms with Gasteiger partial charge in [-0.1, -0.05) is 23.9 Å². The Bertz CT molecular complexity index is 1230. The van der Waals surface area contributed by atoms with E-state index >= 15 is 0 Å². The van der Waals surface area contributed by atoms with E-state index in [0.29, 0.717) is 33.7 Å². The Kier molecular flexibility index (Phi) is 6.32. The number of nitrogens with zero attached hydrogens (tertiary/aromatic N) is 5. The van der Waals surface area contributed by atoms with Gasteiger partial charge in [0.2, 0.25) is 5.16 Å². The van der Waals surface area contributed by atoms with Crippen molar-refractivity contribution >= 4 is 52.2 Å². The van der Waals surface area contributed by atoms with Crippen LogP contribution in [0.4, 0.5) is 11.4 Å². The van der Waals surface area contributed by atoms with Crippen LogP contribution in [0, 0.1) is 10.1 Å². The van der Waals surface area contributed by atoms with Crippen molar-refractivity contribution in [1.29, 1.82) is 0 Å². The predicted octanol–water partition coefficient (Wildman–Crippen LogP) is 3.91. The maximum atomic E-state index is 12.8. The fraction of sp³-hybridized carbons (Fsp3) is 0.200. The second-order valence-corrected chi connectivity index (χ2v) is 8.38. The molecular weight excluding hydrogens is 452 g/mol. The molecule has 12 heteroatoms. The predicted molar refractivity (Wildman–Crippen MR) is 124 cm³/mol. The van der Waals surface area contributed by atoms with Gasteiger partial charge in [0.25, 0.3) is 5.69 Å². The van der Waals surface area contributed by atoms with Crippen molar-refractivity contribution in [3.8, 4) is 10.7 Å². The highest BCUT2D eigenvalue weighted by atomic mass is 32.2. The number of nitro groups is 1. The van der Waals surface area contributed by atoms with Crippen molar-refractivity contribution in [2.45, 2.75) is 12.1 Å². The van der Waals surface area contributed by atoms with Crippen LogP contribution in [0.5, 0.6) is 0 Å². The van der Waals surface area contributed by atoms with Crippen molar-refractivity contribution in [2.24, 2.45) is 5.10 Å². The highest BCUT2D eigenvalue weighted by Crippen LogP contribution is 2.31. The number of benzene rings is 1. The van der Waals surface area contributed by atoms with E-state index in [-0.39, 0.29) is 17.9 Å². The summed E-state index contributed by atoms with van der Waals surface area (Å²) in [5, 5.41) is 29.8. The number of nitrogens with one attached hydrogen (secondary N) is 1. The topological polar surface area (TPSA) is 125 Å². The van der Waals surface area contributed by atoms with Gasteiger partial charge in [0.1, 0.15) is 5.69 Å². The van der Waals surface area contributed by atoms with Gasteiger partial charge in [-0.25, -0.2) is 4.79 Å². The van der Waals surface area contributed by atoms with E-state index in [0.717, 1.165) is 4.88 Å². The number of anilines is 1. The van der Waals surface area contributed by atoms with Crippen LogP contribution in [-0.4, -0.2) is 50.9 Å². The van der Waals surface area contributed by atoms with Gasteiger partial charge >= 0.3 is 5.97 Å². The summed E-state index contributed by atoms with van der Waals surface area (Å²) in [5.74, 6) is 0.405. The Hall–Kier alpha value is -3.51. The molecule has 32 heavy (non-hydrogen) atoms. The summed E-state index contributed by atoms with van der Waals surface area (Å²) in [4.78, 5) is 24.6. The number of carbonyl (C=O) groups is 1. The monoisotopic (exact) mass is 470 g/mol. The minimum atomic E-state index is -0.554. The molecule has 0 amide bonds. The van der Waals surface area contributed by atoms with Gasteiger partial charge in [0, 0.05) is 18.9 Å². The fourth-order valence-corrected chi connectivity index (χ4v) is 4.58. The van der Waals surface area contributed by atoms with E-state index in [4.69, 9.17) is 4.74 Å². The second-order valence-electron chi connectivity index (χ2n) is 6.49. The number of esters is 1. The van der Waals surface area contributed by atoms with Crippen molar-refractivity contribution < 1.29 is 14.5 Å². The van der Waals surface area contributed by atoms with Crippen molar-refractivity contribution in [2.75, 3.05) is 24.7 Å². The van der Waals surface area contributed by atoms with Crippen LogP contribution < -0.4 is 5.32 Å². The molecule has 3 heterocycles. The number of thioether (sulfide) groups is 1. The molecule has 0 saturated carbocycles. The molecule has 0 unspecified atom stereocenters. The molecular formula is C20H18N6O4S2. The summed E-state index contributed by atoms with van der Waals surface area (Å²) in [6, 6.07) is 8.52. The summed E-state index contributed by atoms with van der Waals surface area (Å²) >= 11 is 2.91. The summed E-state index contributed by atoms with van der Waals surface area (Å²) < 4.78 is 6.85. The number of hydrogen-bond acceptors (Lipinski definition) is 10. The van der Waals surface area contributed by atoms with Gasteiger partial charge in [-0.3, -0.25) is 10.1 Å². The molecule has 4 rings (SSSR count). The highest BCUT2D eigenvalue weighted by molar-refractivity contribution is 7.99. The third-order valence-electron chi connectivity index (χ3n) is 4.52. The first-order valence-electron chi connectivity index (χ1n) is 9.57. The lowest BCUT2D eigenvalue weighted by Gasteiger charge is -2.15.